The quantitative estimate of drug-likeness (QED) is 0.719. The summed E-state index contributed by atoms with van der Waals surface area (Å²) < 4.78 is 41.4. The molecule has 2 amide bonds. The lowest BCUT2D eigenvalue weighted by Crippen LogP contribution is -2.40. The number of aliphatic hydroxyl groups is 1. The smallest absolute Gasteiger partial charge is 0.384 e. The molecule has 0 aliphatic heterocycles. The molecule has 1 rings (SSSR count). The lowest BCUT2D eigenvalue weighted by Gasteiger charge is -2.17. The highest BCUT2D eigenvalue weighted by Gasteiger charge is 2.37. The van der Waals surface area contributed by atoms with E-state index in [1.807, 2.05) is 30.3 Å². The molecule has 1 aromatic rings. The van der Waals surface area contributed by atoms with Gasteiger partial charge in [-0.1, -0.05) is 30.3 Å². The Morgan fingerprint density at radius 1 is 1.27 bits per heavy atom. The Morgan fingerprint density at radius 3 is 2.45 bits per heavy atom. The lowest BCUT2D eigenvalue weighted by atomic mass is 10.1. The number of aliphatic hydroxyl groups excluding tert-OH is 1. The van der Waals surface area contributed by atoms with Crippen molar-refractivity contribution >= 4 is 6.03 Å². The van der Waals surface area contributed by atoms with Gasteiger partial charge in [0.2, 0.25) is 0 Å². The Morgan fingerprint density at radius 2 is 1.91 bits per heavy atom. The van der Waals surface area contributed by atoms with Gasteiger partial charge in [-0.25, -0.2) is 4.79 Å². The van der Waals surface area contributed by atoms with Crippen LogP contribution in [0.1, 0.15) is 18.1 Å². The van der Waals surface area contributed by atoms with Gasteiger partial charge < -0.3 is 20.5 Å². The minimum absolute atomic E-state index is 0.175. The maximum atomic E-state index is 12.1. The van der Waals surface area contributed by atoms with Crippen molar-refractivity contribution in [1.29, 1.82) is 0 Å². The number of hydrogen-bond donors (Lipinski definition) is 3. The number of ether oxygens (including phenoxy) is 1. The number of hydrogen-bond acceptors (Lipinski definition) is 3. The molecule has 0 aliphatic rings. The zero-order valence-corrected chi connectivity index (χ0v) is 12.1. The minimum atomic E-state index is -4.67. The van der Waals surface area contributed by atoms with Crippen LogP contribution in [0.15, 0.2) is 30.3 Å². The van der Waals surface area contributed by atoms with Crippen LogP contribution < -0.4 is 10.6 Å². The third-order valence-corrected chi connectivity index (χ3v) is 2.99. The van der Waals surface area contributed by atoms with E-state index >= 15 is 0 Å². The predicted octanol–water partition coefficient (Wildman–Crippen LogP) is 1.99. The summed E-state index contributed by atoms with van der Waals surface area (Å²) in [6.45, 7) is -0.107. The maximum Gasteiger partial charge on any atom is 0.414 e. The molecule has 0 saturated heterocycles. The Hall–Kier alpha value is -1.80. The van der Waals surface area contributed by atoms with E-state index in [0.29, 0.717) is 0 Å². The number of urea groups is 1. The van der Waals surface area contributed by atoms with Crippen molar-refractivity contribution in [2.24, 2.45) is 0 Å². The predicted molar refractivity (Wildman–Crippen MR) is 74.3 cm³/mol. The molecule has 0 heterocycles. The zero-order chi connectivity index (χ0) is 16.6. The zero-order valence-electron chi connectivity index (χ0n) is 12.1. The Balaban J connectivity index is 2.30. The summed E-state index contributed by atoms with van der Waals surface area (Å²) in [5.74, 6) is 0. The van der Waals surface area contributed by atoms with Crippen LogP contribution in [0.4, 0.5) is 18.0 Å². The van der Waals surface area contributed by atoms with Gasteiger partial charge >= 0.3 is 12.2 Å². The largest absolute Gasteiger partial charge is 0.414 e. The first-order valence-electron chi connectivity index (χ1n) is 6.68. The summed E-state index contributed by atoms with van der Waals surface area (Å²) in [5.41, 5.74) is 0.873. The lowest BCUT2D eigenvalue weighted by molar-refractivity contribution is -0.204. The molecule has 22 heavy (non-hydrogen) atoms. The van der Waals surface area contributed by atoms with Gasteiger partial charge in [0.25, 0.3) is 0 Å². The molecule has 0 radical (unpaired) electrons. The molecule has 2 atom stereocenters. The van der Waals surface area contributed by atoms with E-state index in [1.54, 1.807) is 0 Å². The molecule has 124 valence electrons. The standard InChI is InChI=1S/C14H19F3N2O3/c1-22-11(10-5-3-2-4-6-10)9-19-13(21)18-8-7-12(20)14(15,16)17/h2-6,11-12,20H,7-9H2,1H3,(H2,18,19,21)/t11-,12+/m0/s1. The highest BCUT2D eigenvalue weighted by atomic mass is 19.4. The number of rotatable bonds is 7. The van der Waals surface area contributed by atoms with Gasteiger partial charge in [-0.15, -0.1) is 0 Å². The van der Waals surface area contributed by atoms with Crippen molar-refractivity contribution in [1.82, 2.24) is 10.6 Å². The summed E-state index contributed by atoms with van der Waals surface area (Å²) in [6.07, 6.45) is -8.06. The first-order valence-corrected chi connectivity index (χ1v) is 6.68. The first kappa shape index (κ1) is 18.2. The van der Waals surface area contributed by atoms with E-state index in [2.05, 4.69) is 10.6 Å². The van der Waals surface area contributed by atoms with E-state index < -0.39 is 24.7 Å². The molecule has 3 N–H and O–H groups in total. The molecular formula is C14H19F3N2O3. The van der Waals surface area contributed by atoms with Gasteiger partial charge in [0.05, 0.1) is 6.10 Å². The number of methoxy groups -OCH3 is 1. The number of benzene rings is 1. The number of carbonyl (C=O) groups is 1. The second kappa shape index (κ2) is 8.60. The number of nitrogens with one attached hydrogen (secondary N) is 2. The van der Waals surface area contributed by atoms with E-state index in [0.717, 1.165) is 5.56 Å². The average molecular weight is 320 g/mol. The summed E-state index contributed by atoms with van der Waals surface area (Å²) >= 11 is 0. The fraction of sp³-hybridized carbons (Fsp3) is 0.500. The fourth-order valence-corrected chi connectivity index (χ4v) is 1.74. The normalized spacial score (nSPS) is 14.2. The fourth-order valence-electron chi connectivity index (χ4n) is 1.74. The van der Waals surface area contributed by atoms with Crippen LogP contribution in [0.2, 0.25) is 0 Å². The van der Waals surface area contributed by atoms with Crippen LogP contribution in [0.25, 0.3) is 0 Å². The summed E-state index contributed by atoms with van der Waals surface area (Å²) in [5, 5.41) is 13.5. The van der Waals surface area contributed by atoms with E-state index in [9.17, 15) is 18.0 Å². The summed E-state index contributed by atoms with van der Waals surface area (Å²) in [4.78, 5) is 11.5. The third kappa shape index (κ3) is 6.31. The number of amides is 2. The molecule has 5 nitrogen and oxygen atoms in total. The van der Waals surface area contributed by atoms with Crippen LogP contribution in [0.5, 0.6) is 0 Å². The van der Waals surface area contributed by atoms with Crippen LogP contribution in [-0.4, -0.2) is 43.6 Å². The molecule has 0 spiro atoms. The van der Waals surface area contributed by atoms with Crippen molar-refractivity contribution in [3.63, 3.8) is 0 Å². The van der Waals surface area contributed by atoms with Crippen LogP contribution in [0.3, 0.4) is 0 Å². The van der Waals surface area contributed by atoms with Gasteiger partial charge in [0.15, 0.2) is 6.10 Å². The second-order valence-electron chi connectivity index (χ2n) is 4.62. The maximum absolute atomic E-state index is 12.1. The Kier molecular flexibility index (Phi) is 7.13. The van der Waals surface area contributed by atoms with Gasteiger partial charge in [0, 0.05) is 20.2 Å². The van der Waals surface area contributed by atoms with Gasteiger partial charge in [0.1, 0.15) is 0 Å². The van der Waals surface area contributed by atoms with E-state index in [-0.39, 0.29) is 19.2 Å². The second-order valence-corrected chi connectivity index (χ2v) is 4.62. The number of carbonyl (C=O) groups excluding carboxylic acids is 1. The summed E-state index contributed by atoms with van der Waals surface area (Å²) in [7, 11) is 1.50. The molecule has 1 aromatic carbocycles. The summed E-state index contributed by atoms with van der Waals surface area (Å²) in [6, 6.07) is 8.58. The van der Waals surface area contributed by atoms with Gasteiger partial charge in [-0.05, 0) is 12.0 Å². The Labute approximate surface area is 126 Å². The first-order chi connectivity index (χ1) is 10.3. The van der Waals surface area contributed by atoms with Crippen molar-refractivity contribution in [2.75, 3.05) is 20.2 Å². The molecule has 0 aromatic heterocycles. The van der Waals surface area contributed by atoms with Crippen molar-refractivity contribution in [3.05, 3.63) is 35.9 Å². The average Bonchev–Trinajstić information content (AvgIpc) is 2.48. The van der Waals surface area contributed by atoms with Gasteiger partial charge in [-0.2, -0.15) is 13.2 Å². The van der Waals surface area contributed by atoms with Crippen molar-refractivity contribution in [2.45, 2.75) is 24.8 Å². The Bertz CT molecular complexity index is 454. The number of halogens is 3. The highest BCUT2D eigenvalue weighted by Crippen LogP contribution is 2.21. The van der Waals surface area contributed by atoms with Crippen LogP contribution in [-0.2, 0) is 4.74 Å². The topological polar surface area (TPSA) is 70.6 Å². The number of alkyl halides is 3. The molecule has 0 bridgehead atoms. The molecule has 0 fully saturated rings. The van der Waals surface area contributed by atoms with Crippen LogP contribution >= 0.6 is 0 Å². The highest BCUT2D eigenvalue weighted by molar-refractivity contribution is 5.73. The molecular weight excluding hydrogens is 301 g/mol. The van der Waals surface area contributed by atoms with Crippen LogP contribution in [0, 0.1) is 0 Å². The molecule has 8 heteroatoms. The van der Waals surface area contributed by atoms with E-state index in [1.165, 1.54) is 7.11 Å². The van der Waals surface area contributed by atoms with Crippen molar-refractivity contribution < 1.29 is 27.8 Å². The molecule has 0 saturated carbocycles. The SMILES string of the molecule is CO[C@@H](CNC(=O)NCC[C@@H](O)C(F)(F)F)c1ccccc1. The monoisotopic (exact) mass is 320 g/mol. The minimum Gasteiger partial charge on any atom is -0.384 e. The molecule has 0 aliphatic carbocycles. The molecule has 0 unspecified atom stereocenters. The van der Waals surface area contributed by atoms with Crippen molar-refractivity contribution in [3.8, 4) is 0 Å². The van der Waals surface area contributed by atoms with Gasteiger partial charge in [-0.3, -0.25) is 0 Å². The van der Waals surface area contributed by atoms with E-state index in [4.69, 9.17) is 9.84 Å². The third-order valence-electron chi connectivity index (χ3n) is 2.99.